The molecule has 32 heavy (non-hydrogen) atoms. The first-order valence-corrected chi connectivity index (χ1v) is 13.5. The summed E-state index contributed by atoms with van der Waals surface area (Å²) in [6.45, 7) is 4.42. The number of likely N-dealkylation sites (N-methyl/N-ethyl adjacent to an activating group) is 1. The minimum atomic E-state index is -2.07. The molecule has 0 spiro atoms. The van der Waals surface area contributed by atoms with Crippen molar-refractivity contribution in [1.29, 1.82) is 0 Å². The number of Topliss-reactive ketones (excluding diaryl/α,β-unsaturated/α-hetero) is 2. The Morgan fingerprint density at radius 2 is 0.844 bits per heavy atom. The SMILES string of the molecule is CCCCCCCCCCCC(=O)C(NC)(C(=O)O)C(=O)CCCCCCCCCCC. The van der Waals surface area contributed by atoms with E-state index in [-0.39, 0.29) is 12.8 Å². The van der Waals surface area contributed by atoms with Gasteiger partial charge in [0.2, 0.25) is 5.54 Å². The molecule has 0 saturated heterocycles. The molecular formula is C27H51NO4. The van der Waals surface area contributed by atoms with Crippen molar-refractivity contribution in [3.63, 3.8) is 0 Å². The van der Waals surface area contributed by atoms with E-state index in [2.05, 4.69) is 19.2 Å². The number of carboxylic acid groups (broad SMARTS) is 1. The highest BCUT2D eigenvalue weighted by atomic mass is 16.4. The summed E-state index contributed by atoms with van der Waals surface area (Å²) in [6, 6.07) is 0. The van der Waals surface area contributed by atoms with Gasteiger partial charge >= 0.3 is 5.97 Å². The second-order valence-electron chi connectivity index (χ2n) is 9.31. The molecule has 188 valence electrons. The zero-order chi connectivity index (χ0) is 24.1. The third-order valence-electron chi connectivity index (χ3n) is 6.55. The molecule has 0 amide bonds. The van der Waals surface area contributed by atoms with Crippen molar-refractivity contribution in [1.82, 2.24) is 5.32 Å². The van der Waals surface area contributed by atoms with Crippen molar-refractivity contribution in [3.05, 3.63) is 0 Å². The molecule has 5 nitrogen and oxygen atoms in total. The molecule has 0 fully saturated rings. The molecule has 0 unspecified atom stereocenters. The van der Waals surface area contributed by atoms with Crippen molar-refractivity contribution in [2.24, 2.45) is 0 Å². The summed E-state index contributed by atoms with van der Waals surface area (Å²) in [5.74, 6) is -2.34. The Morgan fingerprint density at radius 1 is 0.562 bits per heavy atom. The first-order valence-electron chi connectivity index (χ1n) is 13.5. The number of carbonyl (C=O) groups excluding carboxylic acids is 2. The lowest BCUT2D eigenvalue weighted by atomic mass is 9.84. The molecule has 0 rings (SSSR count). The van der Waals surface area contributed by atoms with Crippen LogP contribution in [0, 0.1) is 0 Å². The molecule has 5 heteroatoms. The smallest absolute Gasteiger partial charge is 0.339 e. The van der Waals surface area contributed by atoms with Crippen LogP contribution in [0.3, 0.4) is 0 Å². The van der Waals surface area contributed by atoms with Gasteiger partial charge < -0.3 is 5.11 Å². The highest BCUT2D eigenvalue weighted by Gasteiger charge is 2.50. The summed E-state index contributed by atoms with van der Waals surface area (Å²) >= 11 is 0. The van der Waals surface area contributed by atoms with Crippen LogP contribution in [0.5, 0.6) is 0 Å². The van der Waals surface area contributed by atoms with Crippen molar-refractivity contribution in [2.45, 2.75) is 148 Å². The van der Waals surface area contributed by atoms with E-state index in [1.54, 1.807) is 0 Å². The van der Waals surface area contributed by atoms with Crippen LogP contribution in [0.25, 0.3) is 0 Å². The zero-order valence-electron chi connectivity index (χ0n) is 21.3. The lowest BCUT2D eigenvalue weighted by Gasteiger charge is -2.26. The quantitative estimate of drug-likeness (QED) is 0.121. The molecule has 2 N–H and O–H groups in total. The van der Waals surface area contributed by atoms with E-state index in [4.69, 9.17) is 0 Å². The maximum atomic E-state index is 12.8. The van der Waals surface area contributed by atoms with Crippen LogP contribution in [-0.4, -0.2) is 35.2 Å². The minimum Gasteiger partial charge on any atom is -0.479 e. The van der Waals surface area contributed by atoms with E-state index in [1.807, 2.05) is 0 Å². The van der Waals surface area contributed by atoms with Gasteiger partial charge in [0.25, 0.3) is 0 Å². The number of nitrogens with one attached hydrogen (secondary N) is 1. The molecule has 0 aromatic heterocycles. The Labute approximate surface area is 197 Å². The van der Waals surface area contributed by atoms with E-state index < -0.39 is 23.1 Å². The summed E-state index contributed by atoms with van der Waals surface area (Å²) < 4.78 is 0. The Bertz CT molecular complexity index is 470. The summed E-state index contributed by atoms with van der Waals surface area (Å²) in [5.41, 5.74) is -2.07. The van der Waals surface area contributed by atoms with Crippen LogP contribution in [0.4, 0.5) is 0 Å². The molecule has 0 radical (unpaired) electrons. The van der Waals surface area contributed by atoms with Crippen molar-refractivity contribution in [3.8, 4) is 0 Å². The topological polar surface area (TPSA) is 83.5 Å². The molecule has 0 aromatic rings. The van der Waals surface area contributed by atoms with Gasteiger partial charge in [-0.05, 0) is 19.9 Å². The highest BCUT2D eigenvalue weighted by molar-refractivity contribution is 6.27. The fourth-order valence-electron chi connectivity index (χ4n) is 4.35. The van der Waals surface area contributed by atoms with Crippen LogP contribution >= 0.6 is 0 Å². The van der Waals surface area contributed by atoms with Gasteiger partial charge in [-0.25, -0.2) is 4.79 Å². The van der Waals surface area contributed by atoms with Crippen LogP contribution in [0.2, 0.25) is 0 Å². The van der Waals surface area contributed by atoms with Gasteiger partial charge in [0.05, 0.1) is 0 Å². The van der Waals surface area contributed by atoms with Crippen molar-refractivity contribution >= 4 is 17.5 Å². The number of ketones is 2. The second kappa shape index (κ2) is 20.4. The largest absolute Gasteiger partial charge is 0.479 e. The predicted molar refractivity (Wildman–Crippen MR) is 133 cm³/mol. The number of unbranched alkanes of at least 4 members (excludes halogenated alkanes) is 16. The Balaban J connectivity index is 4.27. The van der Waals surface area contributed by atoms with E-state index in [1.165, 1.54) is 71.3 Å². The average molecular weight is 454 g/mol. The van der Waals surface area contributed by atoms with Crippen LogP contribution in [0.1, 0.15) is 142 Å². The lowest BCUT2D eigenvalue weighted by Crippen LogP contribution is -2.62. The van der Waals surface area contributed by atoms with Gasteiger partial charge in [0.1, 0.15) is 0 Å². The summed E-state index contributed by atoms with van der Waals surface area (Å²) in [6.07, 6.45) is 20.5. The monoisotopic (exact) mass is 453 g/mol. The average Bonchev–Trinajstić information content (AvgIpc) is 2.77. The third kappa shape index (κ3) is 12.7. The van der Waals surface area contributed by atoms with Crippen LogP contribution in [-0.2, 0) is 14.4 Å². The second-order valence-corrected chi connectivity index (χ2v) is 9.31. The number of carboxylic acids is 1. The molecule has 0 atom stereocenters. The normalized spacial score (nSPS) is 11.6. The van der Waals surface area contributed by atoms with Gasteiger partial charge in [-0.1, -0.05) is 117 Å². The molecule has 0 aliphatic carbocycles. The molecule has 0 aliphatic heterocycles. The van der Waals surface area contributed by atoms with Gasteiger partial charge in [0.15, 0.2) is 11.6 Å². The number of aliphatic carboxylic acids is 1. The Kier molecular flexibility index (Phi) is 19.6. The zero-order valence-corrected chi connectivity index (χ0v) is 21.3. The molecule has 0 saturated carbocycles. The first-order chi connectivity index (χ1) is 15.5. The molecule has 0 bridgehead atoms. The van der Waals surface area contributed by atoms with Crippen molar-refractivity contribution in [2.75, 3.05) is 7.05 Å². The molecule has 0 aromatic carbocycles. The van der Waals surface area contributed by atoms with Gasteiger partial charge in [-0.15, -0.1) is 0 Å². The van der Waals surface area contributed by atoms with E-state index in [0.717, 1.165) is 38.5 Å². The van der Waals surface area contributed by atoms with Gasteiger partial charge in [-0.3, -0.25) is 14.9 Å². The molecule has 0 heterocycles. The fourth-order valence-corrected chi connectivity index (χ4v) is 4.35. The maximum absolute atomic E-state index is 12.8. The number of hydrogen-bond donors (Lipinski definition) is 2. The number of rotatable bonds is 24. The molecular weight excluding hydrogens is 402 g/mol. The third-order valence-corrected chi connectivity index (χ3v) is 6.55. The van der Waals surface area contributed by atoms with Crippen LogP contribution in [0.15, 0.2) is 0 Å². The van der Waals surface area contributed by atoms with E-state index in [0.29, 0.717) is 12.8 Å². The lowest BCUT2D eigenvalue weighted by molar-refractivity contribution is -0.154. The number of carbonyl (C=O) groups is 3. The summed E-state index contributed by atoms with van der Waals surface area (Å²) in [7, 11) is 1.41. The van der Waals surface area contributed by atoms with Crippen LogP contribution < -0.4 is 5.32 Å². The first kappa shape index (κ1) is 30.8. The summed E-state index contributed by atoms with van der Waals surface area (Å²) in [5, 5.41) is 12.3. The Hall–Kier alpha value is -1.23. The van der Waals surface area contributed by atoms with Crippen molar-refractivity contribution < 1.29 is 19.5 Å². The number of hydrogen-bond acceptors (Lipinski definition) is 4. The standard InChI is InChI=1S/C27H51NO4/c1-4-6-8-10-12-14-16-18-20-22-24(29)27(28-3,26(31)32)25(30)23-21-19-17-15-13-11-9-7-5-2/h28H,4-23H2,1-3H3,(H,31,32). The summed E-state index contributed by atoms with van der Waals surface area (Å²) in [4.78, 5) is 37.5. The maximum Gasteiger partial charge on any atom is 0.339 e. The van der Waals surface area contributed by atoms with E-state index in [9.17, 15) is 19.5 Å². The fraction of sp³-hybridized carbons (Fsp3) is 0.889. The van der Waals surface area contributed by atoms with Gasteiger partial charge in [0, 0.05) is 12.8 Å². The van der Waals surface area contributed by atoms with E-state index >= 15 is 0 Å². The molecule has 0 aliphatic rings. The highest BCUT2D eigenvalue weighted by Crippen LogP contribution is 2.19. The van der Waals surface area contributed by atoms with Gasteiger partial charge in [-0.2, -0.15) is 0 Å². The predicted octanol–water partition coefficient (Wildman–Crippen LogP) is 7.01. The minimum absolute atomic E-state index is 0.145. The Morgan fingerprint density at radius 3 is 1.09 bits per heavy atom.